The van der Waals surface area contributed by atoms with Crippen molar-refractivity contribution < 1.29 is 4.79 Å². The Hall–Kier alpha value is -1.69. The van der Waals surface area contributed by atoms with Crippen LogP contribution in [0.4, 0.5) is 5.82 Å². The third kappa shape index (κ3) is 4.48. The maximum absolute atomic E-state index is 11.3. The van der Waals surface area contributed by atoms with Gasteiger partial charge in [-0.1, -0.05) is 6.92 Å². The van der Waals surface area contributed by atoms with Gasteiger partial charge in [-0.05, 0) is 6.42 Å². The van der Waals surface area contributed by atoms with Crippen LogP contribution in [-0.4, -0.2) is 47.0 Å². The van der Waals surface area contributed by atoms with Crippen molar-refractivity contribution in [3.05, 3.63) is 18.1 Å². The Bertz CT molecular complexity index is 406. The summed E-state index contributed by atoms with van der Waals surface area (Å²) in [6.45, 7) is 6.13. The molecule has 0 atom stereocenters. The maximum Gasteiger partial charge on any atom is 0.221 e. The largest absolute Gasteiger partial charge is 0.369 e. The highest BCUT2D eigenvalue weighted by molar-refractivity contribution is 5.76. The Kier molecular flexibility index (Phi) is 5.09. The van der Waals surface area contributed by atoms with Crippen molar-refractivity contribution >= 4 is 11.7 Å². The van der Waals surface area contributed by atoms with Gasteiger partial charge in [-0.2, -0.15) is 0 Å². The van der Waals surface area contributed by atoms with E-state index in [1.807, 2.05) is 0 Å². The number of nitrogens with one attached hydrogen (secondary N) is 2. The van der Waals surface area contributed by atoms with Gasteiger partial charge in [0.15, 0.2) is 0 Å². The lowest BCUT2D eigenvalue weighted by Gasteiger charge is -2.18. The van der Waals surface area contributed by atoms with Crippen LogP contribution in [0.1, 0.15) is 25.5 Å². The van der Waals surface area contributed by atoms with E-state index in [9.17, 15) is 4.79 Å². The van der Waals surface area contributed by atoms with Crippen molar-refractivity contribution in [2.24, 2.45) is 0 Å². The van der Waals surface area contributed by atoms with Gasteiger partial charge in [-0.25, -0.2) is 4.98 Å². The molecule has 1 aromatic rings. The number of amides is 1. The van der Waals surface area contributed by atoms with Gasteiger partial charge in [-0.3, -0.25) is 14.7 Å². The smallest absolute Gasteiger partial charge is 0.221 e. The van der Waals surface area contributed by atoms with Crippen LogP contribution in [0, 0.1) is 0 Å². The molecule has 0 radical (unpaired) electrons. The van der Waals surface area contributed by atoms with Gasteiger partial charge >= 0.3 is 0 Å². The first kappa shape index (κ1) is 13.7. The number of carbonyl (C=O) groups excluding carboxylic acids is 1. The van der Waals surface area contributed by atoms with Crippen molar-refractivity contribution in [2.45, 2.75) is 26.3 Å². The number of anilines is 1. The molecule has 0 saturated carbocycles. The number of aromatic nitrogens is 2. The van der Waals surface area contributed by atoms with Crippen LogP contribution in [0.5, 0.6) is 0 Å². The molecule has 0 bridgehead atoms. The normalized spacial score (nSPS) is 16.8. The Balaban J connectivity index is 1.86. The molecule has 0 spiro atoms. The summed E-state index contributed by atoms with van der Waals surface area (Å²) in [4.78, 5) is 22.2. The lowest BCUT2D eigenvalue weighted by Crippen LogP contribution is -2.28. The Morgan fingerprint density at radius 1 is 1.37 bits per heavy atom. The van der Waals surface area contributed by atoms with E-state index in [1.54, 1.807) is 12.4 Å². The highest BCUT2D eigenvalue weighted by Crippen LogP contribution is 2.06. The van der Waals surface area contributed by atoms with Crippen molar-refractivity contribution in [1.82, 2.24) is 20.2 Å². The molecule has 1 amide bonds. The SMILES string of the molecule is CCCNc1cnc(CN2CCNC(=O)CC2)cn1. The van der Waals surface area contributed by atoms with Gasteiger partial charge in [0.25, 0.3) is 0 Å². The summed E-state index contributed by atoms with van der Waals surface area (Å²) >= 11 is 0. The lowest BCUT2D eigenvalue weighted by molar-refractivity contribution is -0.120. The lowest BCUT2D eigenvalue weighted by atomic mass is 10.3. The minimum Gasteiger partial charge on any atom is -0.369 e. The van der Waals surface area contributed by atoms with Crippen LogP contribution in [0.2, 0.25) is 0 Å². The maximum atomic E-state index is 11.3. The molecule has 1 aliphatic rings. The Morgan fingerprint density at radius 2 is 2.26 bits per heavy atom. The van der Waals surface area contributed by atoms with E-state index in [1.165, 1.54) is 0 Å². The molecule has 6 nitrogen and oxygen atoms in total. The first-order valence-electron chi connectivity index (χ1n) is 6.82. The summed E-state index contributed by atoms with van der Waals surface area (Å²) < 4.78 is 0. The van der Waals surface area contributed by atoms with E-state index >= 15 is 0 Å². The second kappa shape index (κ2) is 7.04. The van der Waals surface area contributed by atoms with Gasteiger partial charge in [0.1, 0.15) is 5.82 Å². The van der Waals surface area contributed by atoms with E-state index in [0.717, 1.165) is 44.1 Å². The van der Waals surface area contributed by atoms with E-state index in [2.05, 4.69) is 32.4 Å². The van der Waals surface area contributed by atoms with Crippen LogP contribution < -0.4 is 10.6 Å². The van der Waals surface area contributed by atoms with Crippen molar-refractivity contribution in [1.29, 1.82) is 0 Å². The zero-order chi connectivity index (χ0) is 13.5. The zero-order valence-corrected chi connectivity index (χ0v) is 11.4. The predicted molar refractivity (Wildman–Crippen MR) is 73.7 cm³/mol. The van der Waals surface area contributed by atoms with E-state index in [0.29, 0.717) is 13.0 Å². The van der Waals surface area contributed by atoms with E-state index in [-0.39, 0.29) is 5.91 Å². The van der Waals surface area contributed by atoms with Crippen LogP contribution in [0.25, 0.3) is 0 Å². The Morgan fingerprint density at radius 3 is 3.00 bits per heavy atom. The fourth-order valence-corrected chi connectivity index (χ4v) is 1.98. The molecule has 0 unspecified atom stereocenters. The molecule has 19 heavy (non-hydrogen) atoms. The summed E-state index contributed by atoms with van der Waals surface area (Å²) in [5.41, 5.74) is 0.941. The van der Waals surface area contributed by atoms with Crippen molar-refractivity contribution in [2.75, 3.05) is 31.5 Å². The quantitative estimate of drug-likeness (QED) is 0.815. The molecule has 1 aromatic heterocycles. The third-order valence-corrected chi connectivity index (χ3v) is 3.05. The monoisotopic (exact) mass is 263 g/mol. The van der Waals surface area contributed by atoms with Crippen LogP contribution in [0.15, 0.2) is 12.4 Å². The fraction of sp³-hybridized carbons (Fsp3) is 0.615. The molecule has 1 saturated heterocycles. The highest BCUT2D eigenvalue weighted by atomic mass is 16.1. The van der Waals surface area contributed by atoms with Gasteiger partial charge in [0.05, 0.1) is 18.1 Å². The molecule has 0 aliphatic carbocycles. The van der Waals surface area contributed by atoms with Gasteiger partial charge < -0.3 is 10.6 Å². The molecule has 2 N–H and O–H groups in total. The first-order valence-corrected chi connectivity index (χ1v) is 6.82. The molecule has 6 heteroatoms. The molecular formula is C13H21N5O. The van der Waals surface area contributed by atoms with Crippen molar-refractivity contribution in [3.8, 4) is 0 Å². The zero-order valence-electron chi connectivity index (χ0n) is 11.4. The number of hydrogen-bond donors (Lipinski definition) is 2. The number of carbonyl (C=O) groups is 1. The molecule has 2 rings (SSSR count). The van der Waals surface area contributed by atoms with Crippen LogP contribution in [-0.2, 0) is 11.3 Å². The molecule has 0 aromatic carbocycles. The van der Waals surface area contributed by atoms with Gasteiger partial charge in [-0.15, -0.1) is 0 Å². The summed E-state index contributed by atoms with van der Waals surface area (Å²) in [7, 11) is 0. The fourth-order valence-electron chi connectivity index (χ4n) is 1.98. The third-order valence-electron chi connectivity index (χ3n) is 3.05. The summed E-state index contributed by atoms with van der Waals surface area (Å²) in [5.74, 6) is 0.950. The number of hydrogen-bond acceptors (Lipinski definition) is 5. The average molecular weight is 263 g/mol. The van der Waals surface area contributed by atoms with Crippen LogP contribution in [0.3, 0.4) is 0 Å². The van der Waals surface area contributed by atoms with E-state index < -0.39 is 0 Å². The van der Waals surface area contributed by atoms with E-state index in [4.69, 9.17) is 0 Å². The van der Waals surface area contributed by atoms with Crippen molar-refractivity contribution in [3.63, 3.8) is 0 Å². The Labute approximate surface area is 113 Å². The average Bonchev–Trinajstić information content (AvgIpc) is 2.63. The molecule has 1 fully saturated rings. The predicted octanol–water partition coefficient (Wildman–Crippen LogP) is 0.620. The summed E-state index contributed by atoms with van der Waals surface area (Å²) in [5, 5.41) is 6.07. The first-order chi connectivity index (χ1) is 9.28. The highest BCUT2D eigenvalue weighted by Gasteiger charge is 2.13. The second-order valence-electron chi connectivity index (χ2n) is 4.70. The minimum atomic E-state index is 0.132. The van der Waals surface area contributed by atoms with Gasteiger partial charge in [0.2, 0.25) is 5.91 Å². The topological polar surface area (TPSA) is 70.2 Å². The number of nitrogens with zero attached hydrogens (tertiary/aromatic N) is 3. The summed E-state index contributed by atoms with van der Waals surface area (Å²) in [6, 6.07) is 0. The molecule has 104 valence electrons. The van der Waals surface area contributed by atoms with Gasteiger partial charge in [0, 0.05) is 39.1 Å². The summed E-state index contributed by atoms with van der Waals surface area (Å²) in [6.07, 6.45) is 5.20. The minimum absolute atomic E-state index is 0.132. The molecular weight excluding hydrogens is 242 g/mol. The molecule has 1 aliphatic heterocycles. The second-order valence-corrected chi connectivity index (χ2v) is 4.70. The molecule has 2 heterocycles. The number of rotatable bonds is 5. The standard InChI is InChI=1S/C13H21N5O/c1-2-4-14-12-9-16-11(8-17-12)10-18-6-3-13(19)15-5-7-18/h8-9H,2-7,10H2,1H3,(H,14,17)(H,15,19). The van der Waals surface area contributed by atoms with Crippen LogP contribution >= 0.6 is 0 Å².